The first-order valence-electron chi connectivity index (χ1n) is 9.23. The molecule has 140 valence electrons. The molecule has 2 aromatic rings. The van der Waals surface area contributed by atoms with Crippen LogP contribution in [0.2, 0.25) is 0 Å². The Labute approximate surface area is 164 Å². The highest BCUT2D eigenvalue weighted by atomic mass is 79.9. The Morgan fingerprint density at radius 1 is 1.35 bits per heavy atom. The Bertz CT molecular complexity index is 761. The van der Waals surface area contributed by atoms with Crippen molar-refractivity contribution in [2.75, 3.05) is 13.6 Å². The first-order valence-corrected chi connectivity index (χ1v) is 10.0. The lowest BCUT2D eigenvalue weighted by Gasteiger charge is -2.19. The summed E-state index contributed by atoms with van der Waals surface area (Å²) in [7, 11) is 1.81. The second kappa shape index (κ2) is 8.25. The SMILES string of the molecule is CN=C(NCc1nccn1CC(C)C)NCC1(c2cccc(Br)c2)CC1. The molecule has 0 atom stereocenters. The van der Waals surface area contributed by atoms with Crippen LogP contribution in [0.4, 0.5) is 0 Å². The number of guanidine groups is 1. The molecule has 1 heterocycles. The van der Waals surface area contributed by atoms with Gasteiger partial charge in [0.15, 0.2) is 5.96 Å². The van der Waals surface area contributed by atoms with Gasteiger partial charge in [-0.05, 0) is 36.5 Å². The predicted molar refractivity (Wildman–Crippen MR) is 110 cm³/mol. The molecule has 0 saturated heterocycles. The maximum absolute atomic E-state index is 4.47. The molecule has 1 aliphatic carbocycles. The largest absolute Gasteiger partial charge is 0.356 e. The van der Waals surface area contributed by atoms with E-state index in [-0.39, 0.29) is 5.41 Å². The molecule has 0 bridgehead atoms. The molecule has 0 unspecified atom stereocenters. The minimum Gasteiger partial charge on any atom is -0.356 e. The van der Waals surface area contributed by atoms with Crippen LogP contribution < -0.4 is 10.6 Å². The van der Waals surface area contributed by atoms with Crippen molar-refractivity contribution in [3.63, 3.8) is 0 Å². The van der Waals surface area contributed by atoms with Crippen LogP contribution in [-0.4, -0.2) is 29.1 Å². The Hall–Kier alpha value is -1.82. The van der Waals surface area contributed by atoms with Gasteiger partial charge in [-0.3, -0.25) is 4.99 Å². The number of hydrogen-bond donors (Lipinski definition) is 2. The highest BCUT2D eigenvalue weighted by Gasteiger charge is 2.44. The van der Waals surface area contributed by atoms with Crippen molar-refractivity contribution in [3.8, 4) is 0 Å². The summed E-state index contributed by atoms with van der Waals surface area (Å²) < 4.78 is 3.34. The van der Waals surface area contributed by atoms with Crippen molar-refractivity contribution in [3.05, 3.63) is 52.5 Å². The molecule has 5 nitrogen and oxygen atoms in total. The second-order valence-corrected chi connectivity index (χ2v) is 8.38. The van der Waals surface area contributed by atoms with E-state index in [1.54, 1.807) is 0 Å². The van der Waals surface area contributed by atoms with Crippen LogP contribution in [0.25, 0.3) is 0 Å². The number of rotatable bonds is 7. The molecule has 0 spiro atoms. The average molecular weight is 418 g/mol. The van der Waals surface area contributed by atoms with Gasteiger partial charge in [0.05, 0.1) is 6.54 Å². The van der Waals surface area contributed by atoms with Gasteiger partial charge >= 0.3 is 0 Å². The fraction of sp³-hybridized carbons (Fsp3) is 0.500. The van der Waals surface area contributed by atoms with Gasteiger partial charge in [0.25, 0.3) is 0 Å². The lowest BCUT2D eigenvalue weighted by Crippen LogP contribution is -2.41. The number of aromatic nitrogens is 2. The van der Waals surface area contributed by atoms with Crippen LogP contribution >= 0.6 is 15.9 Å². The lowest BCUT2D eigenvalue weighted by atomic mass is 9.96. The number of hydrogen-bond acceptors (Lipinski definition) is 2. The number of nitrogens with zero attached hydrogens (tertiary/aromatic N) is 3. The fourth-order valence-corrected chi connectivity index (χ4v) is 3.64. The Kier molecular flexibility index (Phi) is 6.01. The van der Waals surface area contributed by atoms with E-state index in [4.69, 9.17) is 0 Å². The summed E-state index contributed by atoms with van der Waals surface area (Å²) in [6, 6.07) is 8.64. The zero-order valence-corrected chi connectivity index (χ0v) is 17.4. The van der Waals surface area contributed by atoms with E-state index in [9.17, 15) is 0 Å². The number of nitrogens with one attached hydrogen (secondary N) is 2. The first-order chi connectivity index (χ1) is 12.5. The van der Waals surface area contributed by atoms with Crippen LogP contribution in [0.5, 0.6) is 0 Å². The standard InChI is InChI=1S/C20H28BrN5/c1-15(2)13-26-10-9-23-18(26)12-24-19(22-3)25-14-20(7-8-20)16-5-4-6-17(21)11-16/h4-6,9-11,15H,7-8,12-14H2,1-3H3,(H2,22,24,25). The molecule has 2 N–H and O–H groups in total. The van der Waals surface area contributed by atoms with Crippen LogP contribution in [-0.2, 0) is 18.5 Å². The zero-order valence-electron chi connectivity index (χ0n) is 15.8. The summed E-state index contributed by atoms with van der Waals surface area (Å²) in [4.78, 5) is 8.83. The highest BCUT2D eigenvalue weighted by molar-refractivity contribution is 9.10. The average Bonchev–Trinajstić information content (AvgIpc) is 3.29. The summed E-state index contributed by atoms with van der Waals surface area (Å²) in [5.41, 5.74) is 1.62. The van der Waals surface area contributed by atoms with E-state index < -0.39 is 0 Å². The van der Waals surface area contributed by atoms with E-state index in [1.807, 2.05) is 19.4 Å². The van der Waals surface area contributed by atoms with Gasteiger partial charge in [-0.15, -0.1) is 0 Å². The summed E-state index contributed by atoms with van der Waals surface area (Å²) in [6.45, 7) is 6.98. The number of aliphatic imine (C=N–C) groups is 1. The quantitative estimate of drug-likeness (QED) is 0.533. The van der Waals surface area contributed by atoms with Crippen molar-refractivity contribution in [2.24, 2.45) is 10.9 Å². The molecule has 0 amide bonds. The molecular weight excluding hydrogens is 390 g/mol. The zero-order chi connectivity index (χ0) is 18.6. The number of benzene rings is 1. The van der Waals surface area contributed by atoms with Gasteiger partial charge in [0.2, 0.25) is 0 Å². The minimum atomic E-state index is 0.234. The predicted octanol–water partition coefficient (Wildman–Crippen LogP) is 3.70. The van der Waals surface area contributed by atoms with Gasteiger partial charge in [-0.2, -0.15) is 0 Å². The molecule has 1 aromatic heterocycles. The van der Waals surface area contributed by atoms with E-state index in [2.05, 4.69) is 79.2 Å². The van der Waals surface area contributed by atoms with E-state index in [0.717, 1.165) is 29.3 Å². The van der Waals surface area contributed by atoms with Crippen molar-refractivity contribution >= 4 is 21.9 Å². The van der Waals surface area contributed by atoms with Gasteiger partial charge in [-0.1, -0.05) is 41.9 Å². The third kappa shape index (κ3) is 4.67. The van der Waals surface area contributed by atoms with Gasteiger partial charge in [0.1, 0.15) is 5.82 Å². The van der Waals surface area contributed by atoms with Gasteiger partial charge < -0.3 is 15.2 Å². The van der Waals surface area contributed by atoms with Crippen LogP contribution in [0.3, 0.4) is 0 Å². The first kappa shape index (κ1) is 19.0. The summed E-state index contributed by atoms with van der Waals surface area (Å²) in [5.74, 6) is 2.46. The maximum atomic E-state index is 4.47. The topological polar surface area (TPSA) is 54.2 Å². The summed E-state index contributed by atoms with van der Waals surface area (Å²) >= 11 is 3.58. The molecule has 1 saturated carbocycles. The van der Waals surface area contributed by atoms with Crippen LogP contribution in [0, 0.1) is 5.92 Å². The monoisotopic (exact) mass is 417 g/mol. The molecule has 3 rings (SSSR count). The minimum absolute atomic E-state index is 0.234. The third-order valence-corrected chi connectivity index (χ3v) is 5.38. The van der Waals surface area contributed by atoms with Crippen molar-refractivity contribution in [2.45, 2.75) is 45.2 Å². The smallest absolute Gasteiger partial charge is 0.191 e. The van der Waals surface area contributed by atoms with Crippen molar-refractivity contribution < 1.29 is 0 Å². The van der Waals surface area contributed by atoms with Gasteiger partial charge in [0, 0.05) is 42.4 Å². The van der Waals surface area contributed by atoms with Crippen molar-refractivity contribution in [1.29, 1.82) is 0 Å². The molecule has 6 heteroatoms. The Morgan fingerprint density at radius 3 is 2.81 bits per heavy atom. The van der Waals surface area contributed by atoms with Gasteiger partial charge in [-0.25, -0.2) is 4.98 Å². The third-order valence-electron chi connectivity index (χ3n) is 4.89. The normalized spacial score (nSPS) is 16.0. The molecule has 0 radical (unpaired) electrons. The van der Waals surface area contributed by atoms with E-state index >= 15 is 0 Å². The molecule has 1 fully saturated rings. The molecule has 1 aromatic carbocycles. The van der Waals surface area contributed by atoms with E-state index in [0.29, 0.717) is 12.5 Å². The molecular formula is C20H28BrN5. The second-order valence-electron chi connectivity index (χ2n) is 7.46. The molecule has 26 heavy (non-hydrogen) atoms. The molecule has 1 aliphatic rings. The number of halogens is 1. The Morgan fingerprint density at radius 2 is 2.15 bits per heavy atom. The molecule has 0 aliphatic heterocycles. The summed E-state index contributed by atoms with van der Waals surface area (Å²) in [5, 5.41) is 6.89. The maximum Gasteiger partial charge on any atom is 0.191 e. The lowest BCUT2D eigenvalue weighted by molar-refractivity contribution is 0.503. The fourth-order valence-electron chi connectivity index (χ4n) is 3.24. The highest BCUT2D eigenvalue weighted by Crippen LogP contribution is 2.48. The van der Waals surface area contributed by atoms with Crippen LogP contribution in [0.15, 0.2) is 46.1 Å². The summed E-state index contributed by atoms with van der Waals surface area (Å²) in [6.07, 6.45) is 6.33. The van der Waals surface area contributed by atoms with E-state index in [1.165, 1.54) is 18.4 Å². The number of imidazole rings is 1. The van der Waals surface area contributed by atoms with Crippen molar-refractivity contribution in [1.82, 2.24) is 20.2 Å². The Balaban J connectivity index is 1.55. The van der Waals surface area contributed by atoms with Crippen LogP contribution in [0.1, 0.15) is 38.1 Å².